The highest BCUT2D eigenvalue weighted by Gasteiger charge is 2.50. The molecule has 3 atom stereocenters. The standard InChI is InChI=1S/C24H23F3N6OS/c1-5-6-34-15-9-18-20(29-10-15)21(31-12-30-18)32-14-7-16(19(27)17(26)8-14)24(4)13(2)23(3,11-25)35-22(28)33-24/h1,7-10,12-13H,6,11H2,2-4H3,(H2,28,33)(H,30,31,32)/t13-,23-,24+/m1/s1. The molecule has 2 aromatic heterocycles. The summed E-state index contributed by atoms with van der Waals surface area (Å²) in [6.45, 7) is 4.43. The SMILES string of the molecule is C#CCOc1cnc2c(Nc3cc(F)c(F)c([C@@]4(C)N=C(N)S[C@](C)(CF)[C@H]4C)c3)ncnc2c1. The first-order chi connectivity index (χ1) is 16.6. The normalized spacial score (nSPS) is 24.0. The van der Waals surface area contributed by atoms with Crippen LogP contribution in [0.25, 0.3) is 11.0 Å². The summed E-state index contributed by atoms with van der Waals surface area (Å²) >= 11 is 1.09. The molecule has 35 heavy (non-hydrogen) atoms. The van der Waals surface area contributed by atoms with Crippen molar-refractivity contribution in [2.24, 2.45) is 16.6 Å². The van der Waals surface area contributed by atoms with Crippen molar-refractivity contribution in [3.8, 4) is 18.1 Å². The third kappa shape index (κ3) is 4.46. The third-order valence-corrected chi connectivity index (χ3v) is 7.54. The second-order valence-electron chi connectivity index (χ2n) is 8.57. The van der Waals surface area contributed by atoms with Gasteiger partial charge in [-0.15, -0.1) is 6.42 Å². The van der Waals surface area contributed by atoms with Crippen molar-refractivity contribution in [1.29, 1.82) is 0 Å². The van der Waals surface area contributed by atoms with Crippen LogP contribution in [0.1, 0.15) is 26.3 Å². The minimum Gasteiger partial charge on any atom is -0.479 e. The number of hydrogen-bond acceptors (Lipinski definition) is 8. The van der Waals surface area contributed by atoms with Gasteiger partial charge in [-0.2, -0.15) is 0 Å². The number of aliphatic imine (C=N–C) groups is 1. The van der Waals surface area contributed by atoms with Crippen molar-refractivity contribution in [3.05, 3.63) is 47.9 Å². The van der Waals surface area contributed by atoms with Gasteiger partial charge < -0.3 is 15.8 Å². The van der Waals surface area contributed by atoms with E-state index in [0.29, 0.717) is 16.8 Å². The van der Waals surface area contributed by atoms with Crippen LogP contribution in [0.2, 0.25) is 0 Å². The number of anilines is 2. The number of benzene rings is 1. The summed E-state index contributed by atoms with van der Waals surface area (Å²) < 4.78 is 48.3. The van der Waals surface area contributed by atoms with Crippen LogP contribution in [0.15, 0.2) is 35.7 Å². The van der Waals surface area contributed by atoms with Gasteiger partial charge in [0.1, 0.15) is 30.9 Å². The number of nitrogens with two attached hydrogens (primary N) is 1. The zero-order valence-electron chi connectivity index (χ0n) is 19.3. The van der Waals surface area contributed by atoms with Crippen molar-refractivity contribution in [2.45, 2.75) is 31.1 Å². The van der Waals surface area contributed by atoms with Crippen molar-refractivity contribution < 1.29 is 17.9 Å². The zero-order valence-corrected chi connectivity index (χ0v) is 20.1. The van der Waals surface area contributed by atoms with Gasteiger partial charge >= 0.3 is 0 Å². The Morgan fingerprint density at radius 1 is 1.23 bits per heavy atom. The molecule has 0 aliphatic carbocycles. The highest BCUT2D eigenvalue weighted by atomic mass is 32.2. The van der Waals surface area contributed by atoms with Crippen LogP contribution in [0.4, 0.5) is 24.7 Å². The lowest BCUT2D eigenvalue weighted by molar-refractivity contribution is 0.220. The molecule has 0 amide bonds. The molecule has 0 unspecified atom stereocenters. The number of thioether (sulfide) groups is 1. The van der Waals surface area contributed by atoms with Crippen LogP contribution in [0.3, 0.4) is 0 Å². The fraction of sp³-hybridized carbons (Fsp3) is 0.333. The first-order valence-electron chi connectivity index (χ1n) is 10.6. The molecule has 0 radical (unpaired) electrons. The number of nitrogens with zero attached hydrogens (tertiary/aromatic N) is 4. The van der Waals surface area contributed by atoms with Crippen LogP contribution >= 0.6 is 11.8 Å². The monoisotopic (exact) mass is 500 g/mol. The highest BCUT2D eigenvalue weighted by molar-refractivity contribution is 8.15. The van der Waals surface area contributed by atoms with Crippen LogP contribution in [-0.4, -0.2) is 38.1 Å². The van der Waals surface area contributed by atoms with Gasteiger partial charge in [-0.05, 0) is 19.9 Å². The number of hydrogen-bond donors (Lipinski definition) is 2. The molecule has 4 rings (SSSR count). The van der Waals surface area contributed by atoms with Gasteiger partial charge in [0.25, 0.3) is 0 Å². The van der Waals surface area contributed by atoms with Gasteiger partial charge in [-0.1, -0.05) is 24.6 Å². The molecule has 1 aliphatic heterocycles. The maximum absolute atomic E-state index is 15.1. The predicted octanol–water partition coefficient (Wildman–Crippen LogP) is 4.70. The maximum atomic E-state index is 15.1. The molecule has 3 aromatic rings. The quantitative estimate of drug-likeness (QED) is 0.474. The number of pyridine rings is 1. The Balaban J connectivity index is 1.76. The summed E-state index contributed by atoms with van der Waals surface area (Å²) in [5, 5.41) is 3.09. The molecule has 3 N–H and O–H groups in total. The summed E-state index contributed by atoms with van der Waals surface area (Å²) in [4.78, 5) is 17.1. The summed E-state index contributed by atoms with van der Waals surface area (Å²) in [5.74, 6) is 0.388. The minimum atomic E-state index is -1.31. The smallest absolute Gasteiger partial charge is 0.164 e. The maximum Gasteiger partial charge on any atom is 0.164 e. The second-order valence-corrected chi connectivity index (χ2v) is 10.1. The van der Waals surface area contributed by atoms with Crippen molar-refractivity contribution >= 4 is 39.5 Å². The van der Waals surface area contributed by atoms with Gasteiger partial charge in [0.2, 0.25) is 0 Å². The number of alkyl halides is 1. The molecule has 0 saturated heterocycles. The fourth-order valence-electron chi connectivity index (χ4n) is 4.09. The van der Waals surface area contributed by atoms with Crippen molar-refractivity contribution in [2.75, 3.05) is 18.6 Å². The molecule has 0 spiro atoms. The molecule has 182 valence electrons. The lowest BCUT2D eigenvalue weighted by atomic mass is 9.74. The number of ether oxygens (including phenoxy) is 1. The molecule has 7 nitrogen and oxygen atoms in total. The Morgan fingerprint density at radius 2 is 2.00 bits per heavy atom. The molecule has 0 fully saturated rings. The van der Waals surface area contributed by atoms with E-state index in [2.05, 4.69) is 31.2 Å². The molecule has 1 aromatic carbocycles. The van der Waals surface area contributed by atoms with E-state index in [1.165, 1.54) is 18.6 Å². The lowest BCUT2D eigenvalue weighted by Gasteiger charge is -2.46. The first kappa shape index (κ1) is 24.6. The number of aromatic nitrogens is 3. The zero-order chi connectivity index (χ0) is 25.4. The van der Waals surface area contributed by atoms with E-state index in [-0.39, 0.29) is 28.8 Å². The van der Waals surface area contributed by atoms with E-state index in [1.807, 2.05) is 0 Å². The Labute approximate surface area is 204 Å². The molecule has 0 saturated carbocycles. The van der Waals surface area contributed by atoms with E-state index < -0.39 is 34.5 Å². The number of fused-ring (bicyclic) bond motifs is 1. The van der Waals surface area contributed by atoms with Gasteiger partial charge in [0.05, 0.1) is 22.0 Å². The number of halogens is 3. The molecular formula is C24H23F3N6OS. The summed E-state index contributed by atoms with van der Waals surface area (Å²) in [5.41, 5.74) is 5.67. The summed E-state index contributed by atoms with van der Waals surface area (Å²) in [6.07, 6.45) is 7.98. The predicted molar refractivity (Wildman–Crippen MR) is 131 cm³/mol. The van der Waals surface area contributed by atoms with E-state index in [9.17, 15) is 8.78 Å². The Kier molecular flexibility index (Phi) is 6.51. The van der Waals surface area contributed by atoms with Crippen molar-refractivity contribution in [1.82, 2.24) is 15.0 Å². The largest absolute Gasteiger partial charge is 0.479 e. The molecule has 11 heteroatoms. The average Bonchev–Trinajstić information content (AvgIpc) is 2.83. The molecular weight excluding hydrogens is 477 g/mol. The van der Waals surface area contributed by atoms with Gasteiger partial charge in [-0.3, -0.25) is 4.99 Å². The van der Waals surface area contributed by atoms with E-state index in [0.717, 1.165) is 17.8 Å². The fourth-order valence-corrected chi connectivity index (χ4v) is 5.27. The van der Waals surface area contributed by atoms with Crippen LogP contribution in [0, 0.1) is 29.9 Å². The molecule has 0 bridgehead atoms. The van der Waals surface area contributed by atoms with E-state index in [4.69, 9.17) is 16.9 Å². The molecule has 3 heterocycles. The van der Waals surface area contributed by atoms with E-state index >= 15 is 4.39 Å². The lowest BCUT2D eigenvalue weighted by Crippen LogP contribution is -2.49. The topological polar surface area (TPSA) is 98.3 Å². The number of nitrogens with one attached hydrogen (secondary N) is 1. The first-order valence-corrected chi connectivity index (χ1v) is 11.5. The molecule has 1 aliphatic rings. The van der Waals surface area contributed by atoms with Crippen LogP contribution < -0.4 is 15.8 Å². The minimum absolute atomic E-state index is 0.0493. The number of rotatable bonds is 6. The summed E-state index contributed by atoms with van der Waals surface area (Å²) in [6, 6.07) is 4.07. The van der Waals surface area contributed by atoms with Crippen LogP contribution in [-0.2, 0) is 5.54 Å². The number of amidine groups is 1. The van der Waals surface area contributed by atoms with Gasteiger partial charge in [0.15, 0.2) is 22.6 Å². The van der Waals surface area contributed by atoms with Crippen molar-refractivity contribution in [3.63, 3.8) is 0 Å². The van der Waals surface area contributed by atoms with Crippen LogP contribution in [0.5, 0.6) is 5.75 Å². The Bertz CT molecular complexity index is 1360. The summed E-state index contributed by atoms with van der Waals surface area (Å²) in [7, 11) is 0. The Morgan fingerprint density at radius 3 is 2.71 bits per heavy atom. The third-order valence-electron chi connectivity index (χ3n) is 6.31. The van der Waals surface area contributed by atoms with Gasteiger partial charge in [-0.25, -0.2) is 28.1 Å². The number of terminal acetylenes is 1. The van der Waals surface area contributed by atoms with E-state index in [1.54, 1.807) is 26.8 Å². The average molecular weight is 501 g/mol. The highest BCUT2D eigenvalue weighted by Crippen LogP contribution is 2.51. The van der Waals surface area contributed by atoms with Gasteiger partial charge in [0, 0.05) is 29.3 Å². The second kappa shape index (κ2) is 9.26. The Hall–Kier alpha value is -3.52.